The zero-order chi connectivity index (χ0) is 20.8. The Bertz CT molecular complexity index is 945. The van der Waals surface area contributed by atoms with Gasteiger partial charge in [-0.2, -0.15) is 0 Å². The minimum atomic E-state index is -0.592. The van der Waals surface area contributed by atoms with E-state index in [1.165, 1.54) is 0 Å². The second-order valence-corrected chi connectivity index (χ2v) is 6.60. The Labute approximate surface area is 171 Å². The zero-order valence-corrected chi connectivity index (χ0v) is 16.9. The van der Waals surface area contributed by atoms with Gasteiger partial charge in [-0.3, -0.25) is 0 Å². The van der Waals surface area contributed by atoms with E-state index in [1.54, 1.807) is 13.8 Å². The van der Waals surface area contributed by atoms with E-state index in [0.717, 1.165) is 11.1 Å². The molecule has 3 rings (SSSR count). The summed E-state index contributed by atoms with van der Waals surface area (Å²) in [5, 5.41) is 3.27. The molecule has 0 saturated heterocycles. The number of hydrogen-bond donors (Lipinski definition) is 1. The highest BCUT2D eigenvalue weighted by Gasteiger charge is 2.39. The van der Waals surface area contributed by atoms with Crippen molar-refractivity contribution in [3.8, 4) is 0 Å². The molecule has 0 aromatic heterocycles. The van der Waals surface area contributed by atoms with Crippen LogP contribution in [-0.2, 0) is 19.1 Å². The van der Waals surface area contributed by atoms with Crippen LogP contribution >= 0.6 is 0 Å². The number of allylic oxidation sites excluding steroid dienone is 1. The number of dihydropyridines is 1. The molecule has 5 nitrogen and oxygen atoms in total. The molecule has 1 N–H and O–H groups in total. The van der Waals surface area contributed by atoms with Crippen LogP contribution in [0.5, 0.6) is 0 Å². The highest BCUT2D eigenvalue weighted by Crippen LogP contribution is 2.41. The summed E-state index contributed by atoms with van der Waals surface area (Å²) in [6.07, 6.45) is 0. The van der Waals surface area contributed by atoms with Crippen molar-refractivity contribution in [1.82, 2.24) is 5.32 Å². The van der Waals surface area contributed by atoms with Crippen LogP contribution in [0.4, 0.5) is 0 Å². The van der Waals surface area contributed by atoms with Gasteiger partial charge in [-0.15, -0.1) is 0 Å². The maximum absolute atomic E-state index is 13.1. The number of rotatable bonds is 6. The zero-order valence-electron chi connectivity index (χ0n) is 16.9. The lowest BCUT2D eigenvalue weighted by atomic mass is 9.79. The molecule has 0 bridgehead atoms. The van der Waals surface area contributed by atoms with Crippen LogP contribution in [0, 0.1) is 0 Å². The van der Waals surface area contributed by atoms with E-state index >= 15 is 0 Å². The first-order valence-electron chi connectivity index (χ1n) is 9.75. The molecule has 2 aromatic carbocycles. The predicted molar refractivity (Wildman–Crippen MR) is 112 cm³/mol. The summed E-state index contributed by atoms with van der Waals surface area (Å²) in [4.78, 5) is 26.0. The third kappa shape index (κ3) is 4.24. The Balaban J connectivity index is 2.27. The molecule has 0 saturated carbocycles. The summed E-state index contributed by atoms with van der Waals surface area (Å²) in [6.45, 7) is 5.85. The molecule has 1 heterocycles. The van der Waals surface area contributed by atoms with E-state index in [2.05, 4.69) is 5.32 Å². The average molecular weight is 391 g/mol. The van der Waals surface area contributed by atoms with E-state index < -0.39 is 17.9 Å². The van der Waals surface area contributed by atoms with Gasteiger partial charge < -0.3 is 14.8 Å². The van der Waals surface area contributed by atoms with E-state index in [1.807, 2.05) is 67.6 Å². The van der Waals surface area contributed by atoms with E-state index in [-0.39, 0.29) is 13.2 Å². The number of hydrogen-bond acceptors (Lipinski definition) is 5. The predicted octanol–water partition coefficient (Wildman–Crippen LogP) is 4.18. The summed E-state index contributed by atoms with van der Waals surface area (Å²) >= 11 is 0. The SMILES string of the molecule is CCOC(=O)C1=C(C)NC(c2ccccc2)=C(C(=O)OCC)C1c1ccccc1. The highest BCUT2D eigenvalue weighted by molar-refractivity contribution is 6.05. The van der Waals surface area contributed by atoms with Gasteiger partial charge in [-0.25, -0.2) is 9.59 Å². The molecule has 0 radical (unpaired) electrons. The fourth-order valence-corrected chi connectivity index (χ4v) is 3.55. The molecule has 1 aliphatic rings. The summed E-state index contributed by atoms with van der Waals surface area (Å²) in [5.74, 6) is -1.49. The van der Waals surface area contributed by atoms with Crippen LogP contribution in [0.25, 0.3) is 5.70 Å². The van der Waals surface area contributed by atoms with Crippen molar-refractivity contribution in [1.29, 1.82) is 0 Å². The fourth-order valence-electron chi connectivity index (χ4n) is 3.55. The lowest BCUT2D eigenvalue weighted by Crippen LogP contribution is -2.32. The van der Waals surface area contributed by atoms with Gasteiger partial charge in [0.15, 0.2) is 0 Å². The van der Waals surface area contributed by atoms with Crippen LogP contribution < -0.4 is 5.32 Å². The Morgan fingerprint density at radius 3 is 1.90 bits per heavy atom. The fraction of sp³-hybridized carbons (Fsp3) is 0.250. The molecule has 1 atom stereocenters. The smallest absolute Gasteiger partial charge is 0.337 e. The monoisotopic (exact) mass is 391 g/mol. The van der Waals surface area contributed by atoms with Crippen molar-refractivity contribution in [3.05, 3.63) is 88.6 Å². The van der Waals surface area contributed by atoms with Gasteiger partial charge in [0.2, 0.25) is 0 Å². The minimum absolute atomic E-state index is 0.239. The Hall–Kier alpha value is -3.34. The minimum Gasteiger partial charge on any atom is -0.463 e. The lowest BCUT2D eigenvalue weighted by Gasteiger charge is -2.31. The molecule has 5 heteroatoms. The molecule has 0 amide bonds. The third-order valence-electron chi connectivity index (χ3n) is 4.75. The molecule has 0 spiro atoms. The maximum atomic E-state index is 13.1. The number of carbonyl (C=O) groups excluding carboxylic acids is 2. The van der Waals surface area contributed by atoms with Crippen molar-refractivity contribution >= 4 is 17.6 Å². The third-order valence-corrected chi connectivity index (χ3v) is 4.75. The molecule has 150 valence electrons. The van der Waals surface area contributed by atoms with Crippen LogP contribution in [-0.4, -0.2) is 25.2 Å². The molecule has 2 aromatic rings. The van der Waals surface area contributed by atoms with Gasteiger partial charge in [-0.05, 0) is 31.9 Å². The quantitative estimate of drug-likeness (QED) is 0.748. The van der Waals surface area contributed by atoms with Gasteiger partial charge in [0.1, 0.15) is 0 Å². The van der Waals surface area contributed by atoms with Crippen LogP contribution in [0.2, 0.25) is 0 Å². The normalized spacial score (nSPS) is 16.3. The van der Waals surface area contributed by atoms with Gasteiger partial charge in [0, 0.05) is 5.70 Å². The van der Waals surface area contributed by atoms with Crippen molar-refractivity contribution in [2.45, 2.75) is 26.7 Å². The number of esters is 2. The van der Waals surface area contributed by atoms with Gasteiger partial charge in [0.25, 0.3) is 0 Å². The molecule has 1 aliphatic heterocycles. The van der Waals surface area contributed by atoms with Crippen LogP contribution in [0.3, 0.4) is 0 Å². The van der Waals surface area contributed by atoms with Gasteiger partial charge in [0.05, 0.1) is 36.0 Å². The van der Waals surface area contributed by atoms with E-state index in [0.29, 0.717) is 22.5 Å². The maximum Gasteiger partial charge on any atom is 0.337 e. The number of ether oxygens (including phenoxy) is 2. The number of carbonyl (C=O) groups is 2. The first kappa shape index (κ1) is 20.4. The Morgan fingerprint density at radius 1 is 0.828 bits per heavy atom. The highest BCUT2D eigenvalue weighted by atomic mass is 16.5. The molecular formula is C24H25NO4. The molecular weight excluding hydrogens is 366 g/mol. The Morgan fingerprint density at radius 2 is 1.34 bits per heavy atom. The summed E-state index contributed by atoms with van der Waals surface area (Å²) in [6, 6.07) is 19.1. The first-order chi connectivity index (χ1) is 14.1. The van der Waals surface area contributed by atoms with Crippen molar-refractivity contribution in [3.63, 3.8) is 0 Å². The van der Waals surface area contributed by atoms with E-state index in [4.69, 9.17) is 9.47 Å². The Kier molecular flexibility index (Phi) is 6.50. The molecule has 29 heavy (non-hydrogen) atoms. The summed E-state index contributed by atoms with van der Waals surface area (Å²) < 4.78 is 10.7. The van der Waals surface area contributed by atoms with Crippen LogP contribution in [0.15, 0.2) is 77.5 Å². The van der Waals surface area contributed by atoms with Crippen molar-refractivity contribution < 1.29 is 19.1 Å². The standard InChI is InChI=1S/C24H25NO4/c1-4-28-23(26)19-16(3)25-22(18-14-10-7-11-15-18)21(24(27)29-5-2)20(19)17-12-8-6-9-13-17/h6-15,20,25H,4-5H2,1-3H3. The first-order valence-corrected chi connectivity index (χ1v) is 9.75. The van der Waals surface area contributed by atoms with Crippen LogP contribution in [0.1, 0.15) is 37.8 Å². The molecule has 0 aliphatic carbocycles. The summed E-state index contributed by atoms with van der Waals surface area (Å²) in [5.41, 5.74) is 3.79. The van der Waals surface area contributed by atoms with E-state index in [9.17, 15) is 9.59 Å². The van der Waals surface area contributed by atoms with Gasteiger partial charge in [-0.1, -0.05) is 60.7 Å². The largest absolute Gasteiger partial charge is 0.463 e. The number of benzene rings is 2. The number of nitrogens with one attached hydrogen (secondary N) is 1. The summed E-state index contributed by atoms with van der Waals surface area (Å²) in [7, 11) is 0. The topological polar surface area (TPSA) is 64.6 Å². The molecule has 1 unspecified atom stereocenters. The van der Waals surface area contributed by atoms with Gasteiger partial charge >= 0.3 is 11.9 Å². The second kappa shape index (κ2) is 9.24. The second-order valence-electron chi connectivity index (χ2n) is 6.60. The average Bonchev–Trinajstić information content (AvgIpc) is 2.74. The molecule has 0 fully saturated rings. The lowest BCUT2D eigenvalue weighted by molar-refractivity contribution is -0.139. The van der Waals surface area contributed by atoms with Crippen molar-refractivity contribution in [2.24, 2.45) is 0 Å². The van der Waals surface area contributed by atoms with Crippen molar-refractivity contribution in [2.75, 3.05) is 13.2 Å².